The summed E-state index contributed by atoms with van der Waals surface area (Å²) in [4.78, 5) is 27.2. The molecular formula is C27H29FN6O3. The fourth-order valence-corrected chi connectivity index (χ4v) is 6.39. The normalized spacial score (nSPS) is 25.6. The van der Waals surface area contributed by atoms with Crippen molar-refractivity contribution in [3.05, 3.63) is 40.4 Å². The Balaban J connectivity index is 1.36. The van der Waals surface area contributed by atoms with E-state index in [-0.39, 0.29) is 17.6 Å². The lowest BCUT2D eigenvalue weighted by atomic mass is 9.95. The van der Waals surface area contributed by atoms with Gasteiger partial charge in [0.05, 0.1) is 22.8 Å². The molecule has 1 N–H and O–H groups in total. The van der Waals surface area contributed by atoms with Gasteiger partial charge in [-0.05, 0) is 45.7 Å². The zero-order valence-corrected chi connectivity index (χ0v) is 21.0. The summed E-state index contributed by atoms with van der Waals surface area (Å²) in [5.74, 6) is 0.993. The maximum absolute atomic E-state index is 14.3. The third-order valence-electron chi connectivity index (χ3n) is 8.52. The van der Waals surface area contributed by atoms with Gasteiger partial charge < -0.3 is 14.1 Å². The van der Waals surface area contributed by atoms with Gasteiger partial charge in [0.1, 0.15) is 23.9 Å². The zero-order valence-electron chi connectivity index (χ0n) is 21.0. The number of aryl methyl sites for hydroxylation is 1. The highest BCUT2D eigenvalue weighted by atomic mass is 19.1. The zero-order chi connectivity index (χ0) is 25.3. The minimum absolute atomic E-state index is 0.214. The molecule has 0 spiro atoms. The third-order valence-corrected chi connectivity index (χ3v) is 8.52. The predicted octanol–water partition coefficient (Wildman–Crippen LogP) is 3.99. The van der Waals surface area contributed by atoms with Crippen molar-refractivity contribution in [2.24, 2.45) is 0 Å². The van der Waals surface area contributed by atoms with E-state index >= 15 is 0 Å². The Labute approximate surface area is 212 Å². The Hall–Kier alpha value is -3.53. The number of aromatic nitrogens is 4. The van der Waals surface area contributed by atoms with Gasteiger partial charge in [-0.2, -0.15) is 15.1 Å². The number of H-pyrrole nitrogens is 1. The summed E-state index contributed by atoms with van der Waals surface area (Å²) in [5, 5.41) is 8.34. The maximum atomic E-state index is 14.3. The molecular weight excluding hydrogens is 475 g/mol. The molecule has 3 aromatic heterocycles. The van der Waals surface area contributed by atoms with E-state index in [0.717, 1.165) is 54.4 Å². The lowest BCUT2D eigenvalue weighted by Gasteiger charge is -2.40. The molecule has 0 bridgehead atoms. The quantitative estimate of drug-likeness (QED) is 0.436. The molecule has 3 fully saturated rings. The SMILES string of the molecule is Cc1c(-c2cccc3[nH]ncc23)oc(=O)c2c(N3CC[C@H]3C)nc(OC[C@@]34CCCN3C[C@H](F)C4)nc12. The average Bonchev–Trinajstić information content (AvgIpc) is 3.58. The summed E-state index contributed by atoms with van der Waals surface area (Å²) >= 11 is 0. The summed E-state index contributed by atoms with van der Waals surface area (Å²) in [6.07, 6.45) is 4.31. The number of anilines is 1. The molecule has 3 saturated heterocycles. The monoisotopic (exact) mass is 504 g/mol. The molecule has 192 valence electrons. The number of nitrogens with zero attached hydrogens (tertiary/aromatic N) is 5. The number of ether oxygens (including phenoxy) is 1. The molecule has 3 aliphatic heterocycles. The largest absolute Gasteiger partial charge is 0.461 e. The minimum Gasteiger partial charge on any atom is -0.461 e. The first-order chi connectivity index (χ1) is 17.9. The van der Waals surface area contributed by atoms with E-state index in [0.29, 0.717) is 42.1 Å². The highest BCUT2D eigenvalue weighted by Gasteiger charge is 2.49. The van der Waals surface area contributed by atoms with Gasteiger partial charge >= 0.3 is 11.6 Å². The van der Waals surface area contributed by atoms with Crippen molar-refractivity contribution in [3.63, 3.8) is 0 Å². The molecule has 9 nitrogen and oxygen atoms in total. The smallest absolute Gasteiger partial charge is 0.349 e. The van der Waals surface area contributed by atoms with E-state index in [1.807, 2.05) is 25.1 Å². The third kappa shape index (κ3) is 3.45. The number of aromatic amines is 1. The van der Waals surface area contributed by atoms with Crippen LogP contribution >= 0.6 is 0 Å². The first-order valence-corrected chi connectivity index (χ1v) is 13.0. The van der Waals surface area contributed by atoms with Crippen molar-refractivity contribution < 1.29 is 13.5 Å². The second kappa shape index (κ2) is 8.24. The molecule has 10 heteroatoms. The summed E-state index contributed by atoms with van der Waals surface area (Å²) in [7, 11) is 0. The van der Waals surface area contributed by atoms with E-state index < -0.39 is 11.8 Å². The van der Waals surface area contributed by atoms with Crippen LogP contribution in [-0.4, -0.2) is 69.1 Å². The Morgan fingerprint density at radius 3 is 3.00 bits per heavy atom. The number of nitrogens with one attached hydrogen (secondary N) is 1. The van der Waals surface area contributed by atoms with Crippen molar-refractivity contribution in [3.8, 4) is 17.3 Å². The second-order valence-electron chi connectivity index (χ2n) is 10.7. The minimum atomic E-state index is -0.834. The molecule has 3 aliphatic rings. The van der Waals surface area contributed by atoms with E-state index in [2.05, 4.69) is 26.9 Å². The number of hydrogen-bond donors (Lipinski definition) is 1. The number of fused-ring (bicyclic) bond motifs is 3. The van der Waals surface area contributed by atoms with Crippen LogP contribution in [-0.2, 0) is 0 Å². The van der Waals surface area contributed by atoms with Gasteiger partial charge in [-0.25, -0.2) is 9.18 Å². The molecule has 6 heterocycles. The van der Waals surface area contributed by atoms with Crippen LogP contribution < -0.4 is 15.3 Å². The summed E-state index contributed by atoms with van der Waals surface area (Å²) in [5.41, 5.74) is 2.08. The van der Waals surface area contributed by atoms with Gasteiger partial charge in [-0.1, -0.05) is 12.1 Å². The first-order valence-electron chi connectivity index (χ1n) is 13.0. The van der Waals surface area contributed by atoms with Crippen LogP contribution in [0.2, 0.25) is 0 Å². The van der Waals surface area contributed by atoms with E-state index in [1.54, 1.807) is 6.20 Å². The standard InChI is InChI=1S/C27H29FN6O3/c1-15-7-10-34(15)24-21-22(30-26(31-24)36-14-27-8-4-9-33(27)13-17(28)11-27)16(2)23(37-25(21)35)18-5-3-6-20-19(18)12-29-32-20/h3,5-6,12,15,17H,4,7-11,13-14H2,1-2H3,(H,29,32)/t15-,17-,27+/m1/s1. The lowest BCUT2D eigenvalue weighted by Crippen LogP contribution is -2.47. The van der Waals surface area contributed by atoms with Crippen LogP contribution in [0.1, 0.15) is 38.2 Å². The number of alkyl halides is 1. The Bertz CT molecular complexity index is 1580. The first kappa shape index (κ1) is 22.7. The number of rotatable bonds is 5. The van der Waals surface area contributed by atoms with E-state index in [1.165, 1.54) is 0 Å². The van der Waals surface area contributed by atoms with Crippen LogP contribution in [0, 0.1) is 6.92 Å². The van der Waals surface area contributed by atoms with Crippen LogP contribution in [0.4, 0.5) is 10.2 Å². The second-order valence-corrected chi connectivity index (χ2v) is 10.7. The highest BCUT2D eigenvalue weighted by molar-refractivity contribution is 5.98. The Kier molecular flexibility index (Phi) is 5.04. The van der Waals surface area contributed by atoms with Gasteiger partial charge in [0.15, 0.2) is 5.82 Å². The maximum Gasteiger partial charge on any atom is 0.349 e. The van der Waals surface area contributed by atoms with Crippen LogP contribution in [0.5, 0.6) is 6.01 Å². The van der Waals surface area contributed by atoms with Gasteiger partial charge in [0.25, 0.3) is 0 Å². The van der Waals surface area contributed by atoms with Crippen LogP contribution in [0.15, 0.2) is 33.6 Å². The number of benzene rings is 1. The van der Waals surface area contributed by atoms with Crippen LogP contribution in [0.25, 0.3) is 33.1 Å². The Morgan fingerprint density at radius 2 is 2.19 bits per heavy atom. The average molecular weight is 505 g/mol. The van der Waals surface area contributed by atoms with Crippen LogP contribution in [0.3, 0.4) is 0 Å². The molecule has 3 atom stereocenters. The molecule has 0 unspecified atom stereocenters. The molecule has 0 aliphatic carbocycles. The van der Waals surface area contributed by atoms with Gasteiger partial charge in [0, 0.05) is 42.1 Å². The van der Waals surface area contributed by atoms with Crippen molar-refractivity contribution >= 4 is 27.6 Å². The molecule has 7 rings (SSSR count). The van der Waals surface area contributed by atoms with Gasteiger partial charge in [-0.15, -0.1) is 0 Å². The van der Waals surface area contributed by atoms with Crippen molar-refractivity contribution in [1.29, 1.82) is 0 Å². The van der Waals surface area contributed by atoms with Crippen molar-refractivity contribution in [2.45, 2.75) is 57.3 Å². The summed E-state index contributed by atoms with van der Waals surface area (Å²) in [6.45, 7) is 6.49. The van der Waals surface area contributed by atoms with Gasteiger partial charge in [0.2, 0.25) is 0 Å². The highest BCUT2D eigenvalue weighted by Crippen LogP contribution is 2.41. The Morgan fingerprint density at radius 1 is 1.30 bits per heavy atom. The number of hydrogen-bond acceptors (Lipinski definition) is 8. The van der Waals surface area contributed by atoms with Crippen molar-refractivity contribution in [1.82, 2.24) is 25.1 Å². The van der Waals surface area contributed by atoms with Gasteiger partial charge in [-0.3, -0.25) is 10.00 Å². The molecule has 0 amide bonds. The molecule has 0 saturated carbocycles. The lowest BCUT2D eigenvalue weighted by molar-refractivity contribution is 0.107. The number of halogens is 1. The van der Waals surface area contributed by atoms with E-state index in [4.69, 9.17) is 19.1 Å². The fraction of sp³-hybridized carbons (Fsp3) is 0.481. The summed E-state index contributed by atoms with van der Waals surface area (Å²) in [6, 6.07) is 6.19. The molecule has 0 radical (unpaired) electrons. The fourth-order valence-electron chi connectivity index (χ4n) is 6.39. The molecule has 4 aromatic rings. The predicted molar refractivity (Wildman–Crippen MR) is 138 cm³/mol. The molecule has 1 aromatic carbocycles. The van der Waals surface area contributed by atoms with E-state index in [9.17, 15) is 9.18 Å². The topological polar surface area (TPSA) is 100 Å². The molecule has 37 heavy (non-hydrogen) atoms. The van der Waals surface area contributed by atoms with Crippen molar-refractivity contribution in [2.75, 3.05) is 31.1 Å². The summed E-state index contributed by atoms with van der Waals surface area (Å²) < 4.78 is 26.5.